The summed E-state index contributed by atoms with van der Waals surface area (Å²) in [5.41, 5.74) is 1.47. The number of aliphatic carboxylic acids is 1. The molecular formula is C27H36N6O6. The lowest BCUT2D eigenvalue weighted by atomic mass is 10.1. The minimum absolute atomic E-state index is 0.0833. The van der Waals surface area contributed by atoms with Crippen LogP contribution in [-0.2, 0) is 20.9 Å². The lowest BCUT2D eigenvalue weighted by molar-refractivity contribution is -0.138. The van der Waals surface area contributed by atoms with Crippen molar-refractivity contribution < 1.29 is 29.0 Å². The Bertz CT molecular complexity index is 1150. The normalized spacial score (nSPS) is 14.2. The van der Waals surface area contributed by atoms with Crippen LogP contribution >= 0.6 is 0 Å². The average Bonchev–Trinajstić information content (AvgIpc) is 2.95. The maximum atomic E-state index is 13.4. The second-order valence-corrected chi connectivity index (χ2v) is 9.23. The molecule has 3 amide bonds. The van der Waals surface area contributed by atoms with E-state index in [1.165, 1.54) is 9.80 Å². The van der Waals surface area contributed by atoms with Crippen LogP contribution < -0.4 is 5.32 Å². The highest BCUT2D eigenvalue weighted by Gasteiger charge is 2.31. The van der Waals surface area contributed by atoms with E-state index in [9.17, 15) is 24.3 Å². The standard InChI is InChI=1S/C27H36N6O6/c1-4-31(3)18-20-17-22(29-24(28-20)19-9-7-6-8-10-19)25(36)30-21(11-12-23(34)35)26(37)32-13-15-33(16-14-32)27(38)39-5-2/h6-10,17,21H,4-5,11-16,18H2,1-3H3,(H,30,36)(H,34,35)/t21-/m0/s1. The summed E-state index contributed by atoms with van der Waals surface area (Å²) >= 11 is 0. The molecule has 0 unspecified atom stereocenters. The van der Waals surface area contributed by atoms with Gasteiger partial charge in [0.2, 0.25) is 5.91 Å². The molecule has 0 saturated carbocycles. The van der Waals surface area contributed by atoms with Crippen LogP contribution in [0.4, 0.5) is 4.79 Å². The van der Waals surface area contributed by atoms with Crippen molar-refractivity contribution in [1.29, 1.82) is 0 Å². The molecule has 0 aliphatic carbocycles. The van der Waals surface area contributed by atoms with E-state index < -0.39 is 29.9 Å². The molecule has 1 aliphatic heterocycles. The molecule has 0 bridgehead atoms. The Balaban J connectivity index is 1.81. The number of ether oxygens (including phenoxy) is 1. The third-order valence-corrected chi connectivity index (χ3v) is 6.38. The molecule has 1 aromatic heterocycles. The van der Waals surface area contributed by atoms with Gasteiger partial charge in [0.05, 0.1) is 12.3 Å². The molecule has 1 aromatic carbocycles. The van der Waals surface area contributed by atoms with Gasteiger partial charge in [-0.1, -0.05) is 37.3 Å². The van der Waals surface area contributed by atoms with Crippen LogP contribution in [0.3, 0.4) is 0 Å². The summed E-state index contributed by atoms with van der Waals surface area (Å²) in [7, 11) is 1.94. The van der Waals surface area contributed by atoms with Gasteiger partial charge in [-0.3, -0.25) is 14.4 Å². The second kappa shape index (κ2) is 14.2. The first kappa shape index (κ1) is 29.5. The van der Waals surface area contributed by atoms with E-state index in [4.69, 9.17) is 4.74 Å². The largest absolute Gasteiger partial charge is 0.481 e. The van der Waals surface area contributed by atoms with Gasteiger partial charge in [-0.2, -0.15) is 0 Å². The highest BCUT2D eigenvalue weighted by atomic mass is 16.6. The topological polar surface area (TPSA) is 145 Å². The number of aromatic nitrogens is 2. The number of amides is 3. The van der Waals surface area contributed by atoms with E-state index in [0.29, 0.717) is 18.1 Å². The van der Waals surface area contributed by atoms with E-state index in [0.717, 1.165) is 12.1 Å². The number of carboxylic acids is 1. The van der Waals surface area contributed by atoms with E-state index in [1.54, 1.807) is 13.0 Å². The van der Waals surface area contributed by atoms with Crippen molar-refractivity contribution in [2.45, 2.75) is 39.3 Å². The molecule has 0 radical (unpaired) electrons. The molecule has 12 heteroatoms. The van der Waals surface area contributed by atoms with Crippen molar-refractivity contribution in [2.24, 2.45) is 0 Å². The number of rotatable bonds is 11. The minimum atomic E-state index is -1.08. The van der Waals surface area contributed by atoms with Crippen LogP contribution in [0.25, 0.3) is 11.4 Å². The molecule has 1 fully saturated rings. The van der Waals surface area contributed by atoms with Gasteiger partial charge in [-0.05, 0) is 33.0 Å². The number of carbonyl (C=O) groups excluding carboxylic acids is 3. The smallest absolute Gasteiger partial charge is 0.409 e. The maximum absolute atomic E-state index is 13.4. The number of hydrogen-bond acceptors (Lipinski definition) is 8. The van der Waals surface area contributed by atoms with Crippen molar-refractivity contribution in [1.82, 2.24) is 30.0 Å². The number of carboxylic acid groups (broad SMARTS) is 1. The first-order valence-corrected chi connectivity index (χ1v) is 13.1. The lowest BCUT2D eigenvalue weighted by Gasteiger charge is -2.35. The predicted molar refractivity (Wildman–Crippen MR) is 143 cm³/mol. The van der Waals surface area contributed by atoms with Gasteiger partial charge in [0.1, 0.15) is 11.7 Å². The maximum Gasteiger partial charge on any atom is 0.409 e. The molecule has 2 N–H and O–H groups in total. The summed E-state index contributed by atoms with van der Waals surface area (Å²) in [6.07, 6.45) is -0.826. The molecule has 39 heavy (non-hydrogen) atoms. The Morgan fingerprint density at radius 1 is 1.05 bits per heavy atom. The summed E-state index contributed by atoms with van der Waals surface area (Å²) in [5.74, 6) is -1.70. The van der Waals surface area contributed by atoms with Crippen molar-refractivity contribution in [3.8, 4) is 11.4 Å². The molecule has 2 aromatic rings. The molecule has 210 valence electrons. The van der Waals surface area contributed by atoms with Crippen molar-refractivity contribution >= 4 is 23.9 Å². The van der Waals surface area contributed by atoms with E-state index in [1.807, 2.05) is 49.2 Å². The molecule has 1 atom stereocenters. The van der Waals surface area contributed by atoms with Crippen LogP contribution in [0, 0.1) is 0 Å². The van der Waals surface area contributed by atoms with Crippen molar-refractivity contribution in [3.05, 3.63) is 47.8 Å². The molecule has 0 spiro atoms. The molecule has 3 rings (SSSR count). The first-order valence-electron chi connectivity index (χ1n) is 13.1. The zero-order valence-corrected chi connectivity index (χ0v) is 22.6. The molecule has 1 aliphatic rings. The highest BCUT2D eigenvalue weighted by molar-refractivity contribution is 5.96. The Morgan fingerprint density at radius 2 is 1.72 bits per heavy atom. The summed E-state index contributed by atoms with van der Waals surface area (Å²) in [5, 5.41) is 11.9. The van der Waals surface area contributed by atoms with E-state index >= 15 is 0 Å². The number of hydrogen-bond donors (Lipinski definition) is 2. The minimum Gasteiger partial charge on any atom is -0.481 e. The summed E-state index contributed by atoms with van der Waals surface area (Å²) < 4.78 is 5.02. The highest BCUT2D eigenvalue weighted by Crippen LogP contribution is 2.17. The predicted octanol–water partition coefficient (Wildman–Crippen LogP) is 1.86. The fraction of sp³-hybridized carbons (Fsp3) is 0.481. The molecule has 2 heterocycles. The van der Waals surface area contributed by atoms with Crippen molar-refractivity contribution in [2.75, 3.05) is 46.4 Å². The SMILES string of the molecule is CCOC(=O)N1CCN(C(=O)[C@H](CCC(=O)O)NC(=O)c2cc(CN(C)CC)nc(-c3ccccc3)n2)CC1. The zero-order chi connectivity index (χ0) is 28.4. The summed E-state index contributed by atoms with van der Waals surface area (Å²) in [4.78, 5) is 64.2. The number of benzene rings is 1. The fourth-order valence-electron chi connectivity index (χ4n) is 4.10. The Morgan fingerprint density at radius 3 is 2.33 bits per heavy atom. The second-order valence-electron chi connectivity index (χ2n) is 9.23. The van der Waals surface area contributed by atoms with Gasteiger partial charge in [-0.15, -0.1) is 0 Å². The number of nitrogens with one attached hydrogen (secondary N) is 1. The van der Waals surface area contributed by atoms with E-state index in [2.05, 4.69) is 15.3 Å². The third kappa shape index (κ3) is 8.47. The average molecular weight is 541 g/mol. The van der Waals surface area contributed by atoms with Crippen LogP contribution in [0.15, 0.2) is 36.4 Å². The van der Waals surface area contributed by atoms with Gasteiger partial charge < -0.3 is 29.9 Å². The Hall–Kier alpha value is -4.06. The van der Waals surface area contributed by atoms with Gasteiger partial charge >= 0.3 is 12.1 Å². The molecule has 12 nitrogen and oxygen atoms in total. The van der Waals surface area contributed by atoms with Gasteiger partial charge in [-0.25, -0.2) is 14.8 Å². The lowest BCUT2D eigenvalue weighted by Crippen LogP contribution is -2.56. The number of nitrogens with zero attached hydrogens (tertiary/aromatic N) is 5. The van der Waals surface area contributed by atoms with Crippen LogP contribution in [0.1, 0.15) is 42.9 Å². The van der Waals surface area contributed by atoms with Crippen LogP contribution in [0.2, 0.25) is 0 Å². The quantitative estimate of drug-likeness (QED) is 0.436. The summed E-state index contributed by atoms with van der Waals surface area (Å²) in [6.45, 7) is 6.32. The van der Waals surface area contributed by atoms with Gasteiger partial charge in [0.25, 0.3) is 5.91 Å². The number of carbonyl (C=O) groups is 4. The van der Waals surface area contributed by atoms with Crippen LogP contribution in [-0.4, -0.2) is 106 Å². The van der Waals surface area contributed by atoms with Gasteiger partial charge in [0.15, 0.2) is 5.82 Å². The number of piperazine rings is 1. The Kier molecular flexibility index (Phi) is 10.7. The van der Waals surface area contributed by atoms with E-state index in [-0.39, 0.29) is 51.3 Å². The van der Waals surface area contributed by atoms with Crippen LogP contribution in [0.5, 0.6) is 0 Å². The molecule has 1 saturated heterocycles. The Labute approximate surface area is 228 Å². The fourth-order valence-corrected chi connectivity index (χ4v) is 4.10. The third-order valence-electron chi connectivity index (χ3n) is 6.38. The van der Waals surface area contributed by atoms with Crippen molar-refractivity contribution in [3.63, 3.8) is 0 Å². The zero-order valence-electron chi connectivity index (χ0n) is 22.6. The monoisotopic (exact) mass is 540 g/mol. The molecular weight excluding hydrogens is 504 g/mol. The first-order chi connectivity index (χ1) is 18.7. The van der Waals surface area contributed by atoms with Gasteiger partial charge in [0, 0.05) is 44.7 Å². The summed E-state index contributed by atoms with van der Waals surface area (Å²) in [6, 6.07) is 9.79.